The van der Waals surface area contributed by atoms with Crippen molar-refractivity contribution in [2.75, 3.05) is 13.2 Å². The zero-order valence-corrected chi connectivity index (χ0v) is 16.9. The second-order valence-corrected chi connectivity index (χ2v) is 6.85. The molecular formula is C22H42O2. The smallest absolute Gasteiger partial charge is 0.0614 e. The van der Waals surface area contributed by atoms with Crippen molar-refractivity contribution in [2.24, 2.45) is 5.92 Å². The zero-order valence-electron chi connectivity index (χ0n) is 16.9. The van der Waals surface area contributed by atoms with E-state index in [9.17, 15) is 0 Å². The molecule has 0 fully saturated rings. The molecule has 0 radical (unpaired) electrons. The van der Waals surface area contributed by atoms with Gasteiger partial charge in [0.1, 0.15) is 0 Å². The van der Waals surface area contributed by atoms with Crippen LogP contribution in [0.1, 0.15) is 86.0 Å². The van der Waals surface area contributed by atoms with Gasteiger partial charge >= 0.3 is 0 Å². The lowest BCUT2D eigenvalue weighted by atomic mass is 10.0. The summed E-state index contributed by atoms with van der Waals surface area (Å²) in [6.45, 7) is 11.5. The highest BCUT2D eigenvalue weighted by Crippen LogP contribution is 2.13. The van der Waals surface area contributed by atoms with E-state index in [1.54, 1.807) is 0 Å². The number of rotatable bonds is 12. The predicted octanol–water partition coefficient (Wildman–Crippen LogP) is 6.20. The first-order valence-corrected chi connectivity index (χ1v) is 9.65. The molecule has 2 N–H and O–H groups in total. The Hall–Kier alpha value is -0.860. The van der Waals surface area contributed by atoms with Crippen LogP contribution >= 0.6 is 0 Å². The lowest BCUT2D eigenvalue weighted by molar-refractivity contribution is 0.289. The van der Waals surface area contributed by atoms with E-state index < -0.39 is 0 Å². The zero-order chi connectivity index (χ0) is 18.6. The van der Waals surface area contributed by atoms with Gasteiger partial charge in [0.25, 0.3) is 0 Å². The highest BCUT2D eigenvalue weighted by atomic mass is 16.3. The molecular weight excluding hydrogens is 296 g/mol. The Morgan fingerprint density at radius 1 is 0.875 bits per heavy atom. The third-order valence-electron chi connectivity index (χ3n) is 3.76. The van der Waals surface area contributed by atoms with E-state index in [0.717, 1.165) is 38.0 Å². The molecule has 0 saturated heterocycles. The number of unbranched alkanes of at least 4 members (excludes halogenated alkanes) is 1. The second kappa shape index (κ2) is 20.2. The van der Waals surface area contributed by atoms with Crippen LogP contribution in [0.5, 0.6) is 0 Å². The summed E-state index contributed by atoms with van der Waals surface area (Å²) in [5.41, 5.74) is 2.80. The maximum absolute atomic E-state index is 8.72. The molecule has 0 aliphatic rings. The Labute approximate surface area is 151 Å². The summed E-state index contributed by atoms with van der Waals surface area (Å²) in [7, 11) is 0. The third-order valence-corrected chi connectivity index (χ3v) is 3.76. The molecule has 0 heterocycles. The van der Waals surface area contributed by atoms with Crippen LogP contribution in [0.15, 0.2) is 35.5 Å². The van der Waals surface area contributed by atoms with E-state index in [0.29, 0.717) is 6.61 Å². The van der Waals surface area contributed by atoms with Crippen LogP contribution in [-0.2, 0) is 0 Å². The Balaban J connectivity index is 0. The van der Waals surface area contributed by atoms with Gasteiger partial charge in [-0.1, -0.05) is 62.6 Å². The molecule has 0 aromatic carbocycles. The second-order valence-electron chi connectivity index (χ2n) is 6.85. The highest BCUT2D eigenvalue weighted by Gasteiger charge is 1.95. The number of hydrogen-bond acceptors (Lipinski definition) is 2. The summed E-state index contributed by atoms with van der Waals surface area (Å²) < 4.78 is 0. The van der Waals surface area contributed by atoms with Crippen molar-refractivity contribution in [3.05, 3.63) is 35.5 Å². The van der Waals surface area contributed by atoms with Gasteiger partial charge in [0.2, 0.25) is 0 Å². The van der Waals surface area contributed by atoms with E-state index in [2.05, 4.69) is 52.8 Å². The van der Waals surface area contributed by atoms with Crippen LogP contribution in [0, 0.1) is 5.92 Å². The average Bonchev–Trinajstić information content (AvgIpc) is 2.52. The van der Waals surface area contributed by atoms with E-state index in [4.69, 9.17) is 10.2 Å². The molecule has 0 bridgehead atoms. The fourth-order valence-electron chi connectivity index (χ4n) is 2.19. The van der Waals surface area contributed by atoms with Crippen LogP contribution in [0.3, 0.4) is 0 Å². The number of aliphatic hydroxyl groups is 2. The summed E-state index contributed by atoms with van der Waals surface area (Å²) in [5, 5.41) is 17.1. The lowest BCUT2D eigenvalue weighted by Crippen LogP contribution is -1.88. The Bertz CT molecular complexity index is 338. The summed E-state index contributed by atoms with van der Waals surface area (Å²) in [6, 6.07) is 0. The molecule has 0 aliphatic carbocycles. The molecule has 0 rings (SSSR count). The van der Waals surface area contributed by atoms with Gasteiger partial charge in [0.15, 0.2) is 0 Å². The Morgan fingerprint density at radius 3 is 2.08 bits per heavy atom. The minimum absolute atomic E-state index is 0.170. The quantitative estimate of drug-likeness (QED) is 0.328. The number of aliphatic hydroxyl groups excluding tert-OH is 2. The summed E-state index contributed by atoms with van der Waals surface area (Å²) in [5.74, 6) is 0.822. The summed E-state index contributed by atoms with van der Waals surface area (Å²) in [6.07, 6.45) is 17.5. The van der Waals surface area contributed by atoms with Crippen molar-refractivity contribution < 1.29 is 10.2 Å². The predicted molar refractivity (Wildman–Crippen MR) is 108 cm³/mol. The molecule has 0 aromatic heterocycles. The molecule has 24 heavy (non-hydrogen) atoms. The minimum atomic E-state index is 0.170. The van der Waals surface area contributed by atoms with Crippen LogP contribution in [0.25, 0.3) is 0 Å². The fourth-order valence-corrected chi connectivity index (χ4v) is 2.19. The van der Waals surface area contributed by atoms with Crippen LogP contribution in [0.4, 0.5) is 0 Å². The first-order valence-electron chi connectivity index (χ1n) is 9.65. The third kappa shape index (κ3) is 23.4. The number of allylic oxidation sites excluding steroid dienone is 5. The molecule has 2 heteroatoms. The van der Waals surface area contributed by atoms with Gasteiger partial charge < -0.3 is 10.2 Å². The van der Waals surface area contributed by atoms with Crippen LogP contribution in [0.2, 0.25) is 0 Å². The van der Waals surface area contributed by atoms with Crippen LogP contribution < -0.4 is 0 Å². The average molecular weight is 339 g/mol. The van der Waals surface area contributed by atoms with Crippen molar-refractivity contribution in [3.63, 3.8) is 0 Å². The van der Waals surface area contributed by atoms with E-state index in [1.165, 1.54) is 30.4 Å². The van der Waals surface area contributed by atoms with Gasteiger partial charge in [-0.05, 0) is 64.7 Å². The van der Waals surface area contributed by atoms with Crippen LogP contribution in [-0.4, -0.2) is 23.4 Å². The SMILES string of the molecule is CC(=CCO)CCC=C(C)CCCC(C)C.CC/C=C\CCCO. The number of hydrogen-bond donors (Lipinski definition) is 2. The molecule has 0 spiro atoms. The first kappa shape index (κ1) is 25.4. The maximum Gasteiger partial charge on any atom is 0.0614 e. The molecule has 0 saturated carbocycles. The van der Waals surface area contributed by atoms with Crippen molar-refractivity contribution in [1.82, 2.24) is 0 Å². The van der Waals surface area contributed by atoms with Gasteiger partial charge in [0, 0.05) is 6.61 Å². The Kier molecular flexibility index (Phi) is 21.3. The lowest BCUT2D eigenvalue weighted by Gasteiger charge is -2.05. The minimum Gasteiger partial charge on any atom is -0.396 e. The van der Waals surface area contributed by atoms with E-state index >= 15 is 0 Å². The van der Waals surface area contributed by atoms with E-state index in [-0.39, 0.29) is 6.61 Å². The first-order chi connectivity index (χ1) is 11.5. The van der Waals surface area contributed by atoms with Gasteiger partial charge in [0.05, 0.1) is 6.61 Å². The molecule has 0 aliphatic heterocycles. The topological polar surface area (TPSA) is 40.5 Å². The standard InChI is InChI=1S/C15H28O.C7H14O/c1-13(2)7-5-8-14(3)9-6-10-15(4)11-12-16;1-2-3-4-5-6-7-8/h9,11,13,16H,5-8,10,12H2,1-4H3;3-4,8H,2,5-7H2,1H3/b;4-3-. The monoisotopic (exact) mass is 338 g/mol. The molecule has 2 nitrogen and oxygen atoms in total. The van der Waals surface area contributed by atoms with E-state index in [1.807, 2.05) is 6.08 Å². The normalized spacial score (nSPS) is 12.7. The highest BCUT2D eigenvalue weighted by molar-refractivity contribution is 5.03. The molecule has 142 valence electrons. The summed E-state index contributed by atoms with van der Waals surface area (Å²) >= 11 is 0. The molecule has 0 aromatic rings. The van der Waals surface area contributed by atoms with Crippen molar-refractivity contribution in [1.29, 1.82) is 0 Å². The van der Waals surface area contributed by atoms with Gasteiger partial charge in [-0.3, -0.25) is 0 Å². The van der Waals surface area contributed by atoms with Gasteiger partial charge in [-0.2, -0.15) is 0 Å². The van der Waals surface area contributed by atoms with Gasteiger partial charge in [-0.15, -0.1) is 0 Å². The molecule has 0 unspecified atom stereocenters. The molecule has 0 atom stereocenters. The fraction of sp³-hybridized carbons (Fsp3) is 0.727. The summed E-state index contributed by atoms with van der Waals surface area (Å²) in [4.78, 5) is 0. The van der Waals surface area contributed by atoms with Crippen molar-refractivity contribution in [2.45, 2.75) is 86.0 Å². The van der Waals surface area contributed by atoms with Crippen molar-refractivity contribution in [3.8, 4) is 0 Å². The Morgan fingerprint density at radius 2 is 1.54 bits per heavy atom. The van der Waals surface area contributed by atoms with Crippen molar-refractivity contribution >= 4 is 0 Å². The maximum atomic E-state index is 8.72. The van der Waals surface area contributed by atoms with Gasteiger partial charge in [-0.25, -0.2) is 0 Å². The largest absolute Gasteiger partial charge is 0.396 e. The molecule has 0 amide bonds.